The molecule has 6 nitrogen and oxygen atoms in total. The maximum atomic E-state index is 12.6. The van der Waals surface area contributed by atoms with E-state index < -0.39 is 12.1 Å². The van der Waals surface area contributed by atoms with Crippen molar-refractivity contribution in [2.75, 3.05) is 13.2 Å². The number of allylic oxidation sites excluding steroid dienone is 5. The van der Waals surface area contributed by atoms with Crippen LogP contribution in [-0.2, 0) is 14.3 Å². The first-order valence-corrected chi connectivity index (χ1v) is 39.3. The van der Waals surface area contributed by atoms with Crippen molar-refractivity contribution in [2.45, 2.75) is 450 Å². The summed E-state index contributed by atoms with van der Waals surface area (Å²) in [5.41, 5.74) is 0. The van der Waals surface area contributed by atoms with Gasteiger partial charge in [-0.1, -0.05) is 397 Å². The number of nitrogens with one attached hydrogen (secondary N) is 1. The Bertz CT molecular complexity index is 1390. The maximum absolute atomic E-state index is 12.6. The van der Waals surface area contributed by atoms with E-state index in [1.807, 2.05) is 6.08 Å². The molecule has 0 saturated carbocycles. The molecule has 0 aromatic carbocycles. The topological polar surface area (TPSA) is 95.9 Å². The number of aliphatic hydroxyl groups excluding tert-OH is 2. The predicted octanol–water partition coefficient (Wildman–Crippen LogP) is 25.8. The Morgan fingerprint density at radius 2 is 0.581 bits per heavy atom. The number of hydrogen-bond donors (Lipinski definition) is 3. The van der Waals surface area contributed by atoms with Crippen LogP contribution in [0.15, 0.2) is 36.5 Å². The Balaban J connectivity index is 3.37. The zero-order valence-corrected chi connectivity index (χ0v) is 58.3. The lowest BCUT2D eigenvalue weighted by atomic mass is 10.0. The molecule has 0 spiro atoms. The Morgan fingerprint density at radius 3 is 0.907 bits per heavy atom. The van der Waals surface area contributed by atoms with Crippen molar-refractivity contribution in [3.05, 3.63) is 36.5 Å². The molecule has 0 heterocycles. The summed E-state index contributed by atoms with van der Waals surface area (Å²) in [5.74, 6) is -0.0537. The number of esters is 1. The van der Waals surface area contributed by atoms with Crippen LogP contribution in [0.4, 0.5) is 0 Å². The van der Waals surface area contributed by atoms with Crippen molar-refractivity contribution in [1.82, 2.24) is 5.32 Å². The molecule has 0 aromatic heterocycles. The Morgan fingerprint density at radius 1 is 0.326 bits per heavy atom. The number of rotatable bonds is 74. The number of hydrogen-bond acceptors (Lipinski definition) is 5. The summed E-state index contributed by atoms with van der Waals surface area (Å²) >= 11 is 0. The summed E-state index contributed by atoms with van der Waals surface area (Å²) in [6.45, 7) is 4.92. The fraction of sp³-hybridized carbons (Fsp3) is 0.900. The van der Waals surface area contributed by atoms with Crippen LogP contribution in [-0.4, -0.2) is 47.4 Å². The van der Waals surface area contributed by atoms with Crippen molar-refractivity contribution in [2.24, 2.45) is 0 Å². The Kier molecular flexibility index (Phi) is 73.9. The third-order valence-corrected chi connectivity index (χ3v) is 18.4. The molecular formula is C80H153NO5. The van der Waals surface area contributed by atoms with E-state index in [0.717, 1.165) is 51.4 Å². The maximum Gasteiger partial charge on any atom is 0.305 e. The van der Waals surface area contributed by atoms with E-state index in [1.165, 1.54) is 360 Å². The van der Waals surface area contributed by atoms with Gasteiger partial charge in [0.2, 0.25) is 5.91 Å². The summed E-state index contributed by atoms with van der Waals surface area (Å²) in [7, 11) is 0. The minimum Gasteiger partial charge on any atom is -0.466 e. The van der Waals surface area contributed by atoms with Crippen LogP contribution < -0.4 is 5.32 Å². The molecule has 0 aliphatic heterocycles. The van der Waals surface area contributed by atoms with E-state index in [4.69, 9.17) is 4.74 Å². The van der Waals surface area contributed by atoms with E-state index in [9.17, 15) is 19.8 Å². The normalized spacial score (nSPS) is 12.7. The van der Waals surface area contributed by atoms with Crippen LogP contribution in [0.25, 0.3) is 0 Å². The van der Waals surface area contributed by atoms with E-state index in [-0.39, 0.29) is 18.5 Å². The lowest BCUT2D eigenvalue weighted by Gasteiger charge is -2.20. The van der Waals surface area contributed by atoms with Crippen molar-refractivity contribution in [3.8, 4) is 0 Å². The van der Waals surface area contributed by atoms with Gasteiger partial charge in [0.1, 0.15) is 0 Å². The van der Waals surface area contributed by atoms with Gasteiger partial charge in [-0.15, -0.1) is 0 Å². The second kappa shape index (κ2) is 75.5. The van der Waals surface area contributed by atoms with Gasteiger partial charge in [0.05, 0.1) is 25.4 Å². The lowest BCUT2D eigenvalue weighted by Crippen LogP contribution is -2.45. The van der Waals surface area contributed by atoms with E-state index in [1.54, 1.807) is 6.08 Å². The molecule has 86 heavy (non-hydrogen) atoms. The van der Waals surface area contributed by atoms with Crippen LogP contribution in [0.1, 0.15) is 438 Å². The highest BCUT2D eigenvalue weighted by Crippen LogP contribution is 2.20. The van der Waals surface area contributed by atoms with E-state index in [0.29, 0.717) is 19.4 Å². The van der Waals surface area contributed by atoms with Crippen molar-refractivity contribution >= 4 is 11.9 Å². The number of carbonyl (C=O) groups excluding carboxylic acids is 2. The molecule has 1 amide bonds. The zero-order valence-electron chi connectivity index (χ0n) is 58.3. The standard InChI is InChI=1S/C80H153NO5/c1-3-5-7-9-11-13-15-17-19-20-21-22-23-29-32-35-38-41-45-48-52-56-60-64-68-72-78(83)77(76-82)81-79(84)73-69-65-61-57-53-49-46-42-39-36-33-30-27-25-24-26-28-31-34-37-40-43-47-51-55-59-63-67-71-75-86-80(85)74-70-66-62-58-54-50-44-18-16-14-12-10-8-6-4-2/h12,14,18,44,68,72,77-78,82-83H,3-11,13,15-17,19-43,45-67,69-71,73-76H2,1-2H3,(H,81,84)/b14-12-,44-18-,72-68+. The number of carbonyl (C=O) groups is 2. The third kappa shape index (κ3) is 71.2. The molecule has 0 aliphatic rings. The van der Waals surface area contributed by atoms with Crippen LogP contribution in [0.5, 0.6) is 0 Å². The first-order valence-electron chi connectivity index (χ1n) is 39.3. The SMILES string of the molecule is CCCCC/C=C\C/C=C\CCCCCCCC(=O)OCCCCCCCCCCCCCCCCCCCCCCCCCCCCCCCC(=O)NC(CO)C(O)/C=C/CCCCCCCCCCCCCCCCCCCCCCCCC. The summed E-state index contributed by atoms with van der Waals surface area (Å²) in [6, 6.07) is -0.627. The molecule has 0 aromatic rings. The van der Waals surface area contributed by atoms with Crippen LogP contribution in [0, 0.1) is 0 Å². The van der Waals surface area contributed by atoms with Gasteiger partial charge in [0.25, 0.3) is 0 Å². The number of unbranched alkanes of at least 4 members (excludes halogenated alkanes) is 59. The van der Waals surface area contributed by atoms with E-state index >= 15 is 0 Å². The molecule has 508 valence electrons. The van der Waals surface area contributed by atoms with Crippen LogP contribution in [0.2, 0.25) is 0 Å². The molecular weight excluding hydrogens is 1050 g/mol. The van der Waals surface area contributed by atoms with Gasteiger partial charge >= 0.3 is 5.97 Å². The molecule has 3 N–H and O–H groups in total. The molecule has 0 aliphatic carbocycles. The fourth-order valence-corrected chi connectivity index (χ4v) is 12.4. The first kappa shape index (κ1) is 84.1. The minimum atomic E-state index is -0.844. The second-order valence-electron chi connectivity index (χ2n) is 27.0. The van der Waals surface area contributed by atoms with Gasteiger partial charge in [0, 0.05) is 12.8 Å². The Hall–Kier alpha value is -1.92. The molecule has 0 radical (unpaired) electrons. The number of aliphatic hydroxyl groups is 2. The van der Waals surface area contributed by atoms with Gasteiger partial charge in [0.15, 0.2) is 0 Å². The molecule has 0 rings (SSSR count). The molecule has 0 bridgehead atoms. The van der Waals surface area contributed by atoms with Crippen LogP contribution in [0.3, 0.4) is 0 Å². The van der Waals surface area contributed by atoms with Gasteiger partial charge in [-0.25, -0.2) is 0 Å². The zero-order chi connectivity index (χ0) is 62.0. The molecule has 6 heteroatoms. The molecule has 2 unspecified atom stereocenters. The van der Waals surface area contributed by atoms with Gasteiger partial charge < -0.3 is 20.3 Å². The van der Waals surface area contributed by atoms with Crippen molar-refractivity contribution < 1.29 is 24.5 Å². The summed E-state index contributed by atoms with van der Waals surface area (Å²) in [5, 5.41) is 23.3. The molecule has 0 fully saturated rings. The highest BCUT2D eigenvalue weighted by Gasteiger charge is 2.18. The second-order valence-corrected chi connectivity index (χ2v) is 27.0. The molecule has 2 atom stereocenters. The van der Waals surface area contributed by atoms with Crippen LogP contribution >= 0.6 is 0 Å². The highest BCUT2D eigenvalue weighted by atomic mass is 16.5. The number of amides is 1. The lowest BCUT2D eigenvalue weighted by molar-refractivity contribution is -0.143. The first-order chi connectivity index (χ1) is 42.5. The smallest absolute Gasteiger partial charge is 0.305 e. The average Bonchev–Trinajstić information content (AvgIpc) is 3.54. The quantitative estimate of drug-likeness (QED) is 0.0320. The summed E-state index contributed by atoms with van der Waals surface area (Å²) in [4.78, 5) is 24.6. The predicted molar refractivity (Wildman–Crippen MR) is 379 cm³/mol. The van der Waals surface area contributed by atoms with E-state index in [2.05, 4.69) is 43.5 Å². The fourth-order valence-electron chi connectivity index (χ4n) is 12.4. The average molecular weight is 1210 g/mol. The minimum absolute atomic E-state index is 0.00583. The largest absolute Gasteiger partial charge is 0.466 e. The van der Waals surface area contributed by atoms with Gasteiger partial charge in [-0.2, -0.15) is 0 Å². The number of ether oxygens (including phenoxy) is 1. The molecule has 0 saturated heterocycles. The van der Waals surface area contributed by atoms with Gasteiger partial charge in [-0.3, -0.25) is 9.59 Å². The third-order valence-electron chi connectivity index (χ3n) is 18.4. The monoisotopic (exact) mass is 1210 g/mol. The highest BCUT2D eigenvalue weighted by molar-refractivity contribution is 5.76. The van der Waals surface area contributed by atoms with Gasteiger partial charge in [-0.05, 0) is 64.2 Å². The Labute approximate surface area is 538 Å². The van der Waals surface area contributed by atoms with Crippen molar-refractivity contribution in [1.29, 1.82) is 0 Å². The van der Waals surface area contributed by atoms with Crippen molar-refractivity contribution in [3.63, 3.8) is 0 Å². The summed E-state index contributed by atoms with van der Waals surface area (Å²) < 4.78 is 5.49. The summed E-state index contributed by atoms with van der Waals surface area (Å²) in [6.07, 6.45) is 98.3.